The molecule has 0 bridgehead atoms. The fourth-order valence-corrected chi connectivity index (χ4v) is 0.769. The second-order valence-corrected chi connectivity index (χ2v) is 2.63. The zero-order chi connectivity index (χ0) is 9.61. The minimum absolute atomic E-state index is 0.163. The third kappa shape index (κ3) is 3.00. The topological polar surface area (TPSA) is 101 Å². The molecule has 0 aliphatic carbocycles. The zero-order valence-electron chi connectivity index (χ0n) is 6.92. The Morgan fingerprint density at radius 3 is 2.58 bits per heavy atom. The minimum atomic E-state index is -0.797. The Labute approximate surface area is 71.4 Å². The van der Waals surface area contributed by atoms with E-state index >= 15 is 0 Å². The van der Waals surface area contributed by atoms with E-state index in [2.05, 4.69) is 12.0 Å². The molecule has 6 N–H and O–H groups in total. The minimum Gasteiger partial charge on any atom is -0.394 e. The van der Waals surface area contributed by atoms with Crippen LogP contribution in [0.15, 0.2) is 12.7 Å². The molecule has 0 aromatic heterocycles. The van der Waals surface area contributed by atoms with Crippen molar-refractivity contribution in [3.63, 3.8) is 0 Å². The molecule has 0 aromatic rings. The molecular formula is C7H15N3O2. The molecule has 1 unspecified atom stereocenters. The predicted molar refractivity (Wildman–Crippen MR) is 45.8 cm³/mol. The number of carbonyl (C=O) groups is 1. The van der Waals surface area contributed by atoms with Crippen molar-refractivity contribution in [2.24, 2.45) is 11.6 Å². The van der Waals surface area contributed by atoms with Crippen molar-refractivity contribution in [3.8, 4) is 0 Å². The molecule has 0 saturated heterocycles. The maximum Gasteiger partial charge on any atom is 0.217 e. The molecule has 0 aliphatic rings. The Hall–Kier alpha value is -0.910. The standard InChI is InChI=1S/C7H15N3O2/c1-2-7(5-11,10-9)4-3-6(8)12/h2,10-11H,1,3-5,9H2,(H2,8,12). The molecular weight excluding hydrogens is 158 g/mol. The summed E-state index contributed by atoms with van der Waals surface area (Å²) < 4.78 is 0. The van der Waals surface area contributed by atoms with Crippen LogP contribution in [0, 0.1) is 0 Å². The number of aliphatic hydroxyl groups excluding tert-OH is 1. The van der Waals surface area contributed by atoms with Crippen LogP contribution in [-0.4, -0.2) is 23.2 Å². The molecule has 0 radical (unpaired) electrons. The highest BCUT2D eigenvalue weighted by Crippen LogP contribution is 2.11. The maximum absolute atomic E-state index is 10.4. The highest BCUT2D eigenvalue weighted by Gasteiger charge is 2.23. The SMILES string of the molecule is C=CC(CO)(CCC(N)=O)NN. The number of rotatable bonds is 6. The average Bonchev–Trinajstić information content (AvgIpc) is 2.08. The summed E-state index contributed by atoms with van der Waals surface area (Å²) in [6, 6.07) is 0. The Morgan fingerprint density at radius 1 is 1.75 bits per heavy atom. The third-order valence-electron chi connectivity index (χ3n) is 1.78. The lowest BCUT2D eigenvalue weighted by atomic mass is 9.95. The van der Waals surface area contributed by atoms with Gasteiger partial charge in [-0.3, -0.25) is 10.6 Å². The van der Waals surface area contributed by atoms with Crippen LogP contribution in [0.25, 0.3) is 0 Å². The van der Waals surface area contributed by atoms with Gasteiger partial charge in [0.25, 0.3) is 0 Å². The fraction of sp³-hybridized carbons (Fsp3) is 0.571. The molecule has 0 heterocycles. The summed E-state index contributed by atoms with van der Waals surface area (Å²) in [4.78, 5) is 10.4. The van der Waals surface area contributed by atoms with Crippen molar-refractivity contribution in [2.75, 3.05) is 6.61 Å². The van der Waals surface area contributed by atoms with E-state index in [0.29, 0.717) is 6.42 Å². The fourth-order valence-electron chi connectivity index (χ4n) is 0.769. The van der Waals surface area contributed by atoms with E-state index in [-0.39, 0.29) is 13.0 Å². The van der Waals surface area contributed by atoms with Crippen molar-refractivity contribution >= 4 is 5.91 Å². The largest absolute Gasteiger partial charge is 0.394 e. The van der Waals surface area contributed by atoms with Gasteiger partial charge in [0, 0.05) is 6.42 Å². The first-order chi connectivity index (χ1) is 5.60. The number of nitrogens with one attached hydrogen (secondary N) is 1. The van der Waals surface area contributed by atoms with Gasteiger partial charge in [0.1, 0.15) is 0 Å². The van der Waals surface area contributed by atoms with Crippen LogP contribution in [0.4, 0.5) is 0 Å². The van der Waals surface area contributed by atoms with E-state index in [9.17, 15) is 4.79 Å². The van der Waals surface area contributed by atoms with Gasteiger partial charge in [-0.15, -0.1) is 6.58 Å². The van der Waals surface area contributed by atoms with Crippen molar-refractivity contribution < 1.29 is 9.90 Å². The second kappa shape index (κ2) is 4.87. The van der Waals surface area contributed by atoms with Crippen LogP contribution in [0.2, 0.25) is 0 Å². The monoisotopic (exact) mass is 173 g/mol. The van der Waals surface area contributed by atoms with Gasteiger partial charge in [0.2, 0.25) is 5.91 Å². The lowest BCUT2D eigenvalue weighted by molar-refractivity contribution is -0.118. The number of amides is 1. The Bertz CT molecular complexity index is 166. The van der Waals surface area contributed by atoms with E-state index in [4.69, 9.17) is 16.7 Å². The molecule has 0 aromatic carbocycles. The van der Waals surface area contributed by atoms with Gasteiger partial charge < -0.3 is 10.8 Å². The van der Waals surface area contributed by atoms with E-state index in [1.807, 2.05) is 0 Å². The maximum atomic E-state index is 10.4. The van der Waals surface area contributed by atoms with Crippen LogP contribution in [0.3, 0.4) is 0 Å². The quantitative estimate of drug-likeness (QED) is 0.226. The highest BCUT2D eigenvalue weighted by atomic mass is 16.3. The van der Waals surface area contributed by atoms with Crippen LogP contribution in [-0.2, 0) is 4.79 Å². The first kappa shape index (κ1) is 11.1. The number of aliphatic hydroxyl groups is 1. The average molecular weight is 173 g/mol. The summed E-state index contributed by atoms with van der Waals surface area (Å²) in [7, 11) is 0. The number of hydrogen-bond donors (Lipinski definition) is 4. The molecule has 1 atom stereocenters. The van der Waals surface area contributed by atoms with Crippen molar-refractivity contribution in [1.29, 1.82) is 0 Å². The van der Waals surface area contributed by atoms with Crippen LogP contribution >= 0.6 is 0 Å². The lowest BCUT2D eigenvalue weighted by Gasteiger charge is -2.26. The number of primary amides is 1. The van der Waals surface area contributed by atoms with E-state index in [0.717, 1.165) is 0 Å². The van der Waals surface area contributed by atoms with Crippen molar-refractivity contribution in [3.05, 3.63) is 12.7 Å². The number of hydrogen-bond acceptors (Lipinski definition) is 4. The van der Waals surface area contributed by atoms with Crippen molar-refractivity contribution in [2.45, 2.75) is 18.4 Å². The number of nitrogens with two attached hydrogens (primary N) is 2. The van der Waals surface area contributed by atoms with Gasteiger partial charge in [-0.25, -0.2) is 5.43 Å². The Kier molecular flexibility index (Phi) is 4.50. The second-order valence-electron chi connectivity index (χ2n) is 2.63. The van der Waals surface area contributed by atoms with Gasteiger partial charge in [-0.2, -0.15) is 0 Å². The predicted octanol–water partition coefficient (Wildman–Crippen LogP) is -1.37. The zero-order valence-corrected chi connectivity index (χ0v) is 6.92. The lowest BCUT2D eigenvalue weighted by Crippen LogP contribution is -2.51. The summed E-state index contributed by atoms with van der Waals surface area (Å²) in [5.74, 6) is 4.76. The molecule has 5 heteroatoms. The highest BCUT2D eigenvalue weighted by molar-refractivity contribution is 5.73. The first-order valence-electron chi connectivity index (χ1n) is 3.61. The molecule has 0 rings (SSSR count). The molecule has 1 amide bonds. The number of carbonyl (C=O) groups excluding carboxylic acids is 1. The van der Waals surface area contributed by atoms with Gasteiger partial charge in [0.15, 0.2) is 0 Å². The van der Waals surface area contributed by atoms with Crippen LogP contribution in [0.1, 0.15) is 12.8 Å². The van der Waals surface area contributed by atoms with E-state index in [1.54, 1.807) is 0 Å². The van der Waals surface area contributed by atoms with Crippen LogP contribution in [0.5, 0.6) is 0 Å². The molecule has 70 valence electrons. The molecule has 0 spiro atoms. The van der Waals surface area contributed by atoms with Gasteiger partial charge in [0.05, 0.1) is 12.1 Å². The van der Waals surface area contributed by atoms with Gasteiger partial charge in [-0.05, 0) is 6.42 Å². The van der Waals surface area contributed by atoms with E-state index in [1.165, 1.54) is 6.08 Å². The Balaban J connectivity index is 4.11. The summed E-state index contributed by atoms with van der Waals surface area (Å²) in [6.45, 7) is 3.29. The van der Waals surface area contributed by atoms with Crippen molar-refractivity contribution in [1.82, 2.24) is 5.43 Å². The van der Waals surface area contributed by atoms with E-state index < -0.39 is 11.4 Å². The summed E-state index contributed by atoms with van der Waals surface area (Å²) in [5, 5.41) is 8.92. The first-order valence-corrected chi connectivity index (χ1v) is 3.61. The Morgan fingerprint density at radius 2 is 2.33 bits per heavy atom. The smallest absolute Gasteiger partial charge is 0.217 e. The summed E-state index contributed by atoms with van der Waals surface area (Å²) in [5.41, 5.74) is 6.54. The van der Waals surface area contributed by atoms with Crippen LogP contribution < -0.4 is 17.0 Å². The molecule has 5 nitrogen and oxygen atoms in total. The molecule has 0 fully saturated rings. The third-order valence-corrected chi connectivity index (χ3v) is 1.78. The summed E-state index contributed by atoms with van der Waals surface area (Å²) >= 11 is 0. The normalized spacial score (nSPS) is 15.2. The molecule has 12 heavy (non-hydrogen) atoms. The molecule has 0 saturated carbocycles. The number of hydrazine groups is 1. The van der Waals surface area contributed by atoms with Gasteiger partial charge >= 0.3 is 0 Å². The summed E-state index contributed by atoms with van der Waals surface area (Å²) in [6.07, 6.45) is 1.98. The van der Waals surface area contributed by atoms with Gasteiger partial charge in [-0.1, -0.05) is 6.08 Å². The molecule has 0 aliphatic heterocycles.